The fourth-order valence-corrected chi connectivity index (χ4v) is 1.43. The van der Waals surface area contributed by atoms with Crippen LogP contribution in [0.25, 0.3) is 0 Å². The van der Waals surface area contributed by atoms with Crippen molar-refractivity contribution in [2.45, 2.75) is 12.5 Å². The molecule has 15 heteroatoms. The molecular weight excluding hydrogens is 362 g/mol. The molecule has 1 aromatic rings. The van der Waals surface area contributed by atoms with E-state index in [4.69, 9.17) is 0 Å². The Kier molecular flexibility index (Phi) is 4.86. The van der Waals surface area contributed by atoms with Gasteiger partial charge >= 0.3 is 24.4 Å². The summed E-state index contributed by atoms with van der Waals surface area (Å²) in [4.78, 5) is 28.9. The topological polar surface area (TPSA) is 122 Å². The van der Waals surface area contributed by atoms with Crippen molar-refractivity contribution in [1.82, 2.24) is 0 Å². The Balaban J connectivity index is 3.58. The van der Waals surface area contributed by atoms with E-state index in [1.165, 1.54) is 0 Å². The van der Waals surface area contributed by atoms with Gasteiger partial charge in [-0.05, 0) is 0 Å². The van der Waals surface area contributed by atoms with Gasteiger partial charge in [-0.2, -0.15) is 13.2 Å². The SMILES string of the molecule is O=C(Oc1c([N+](=O)[O-])ccc([N+](=O)[O-])c1C(F)(F)F)OC(F)(F)F. The first kappa shape index (κ1) is 18.9. The minimum atomic E-state index is -5.66. The average molecular weight is 364 g/mol. The van der Waals surface area contributed by atoms with Gasteiger partial charge in [0.05, 0.1) is 9.85 Å². The molecule has 0 aliphatic heterocycles. The standard InChI is InChI=1S/C9H2F6N2O7/c10-8(11,12)5-3(16(19)20)1-2-4(17(21)22)6(5)23-7(18)24-9(13,14)15/h1-2H. The minimum Gasteiger partial charge on any atom is -0.387 e. The van der Waals surface area contributed by atoms with E-state index < -0.39 is 51.2 Å². The number of carbonyl (C=O) groups excluding carboxylic acids is 1. The molecule has 0 aliphatic carbocycles. The zero-order valence-electron chi connectivity index (χ0n) is 10.7. The Morgan fingerprint density at radius 2 is 1.42 bits per heavy atom. The molecule has 0 bridgehead atoms. The summed E-state index contributed by atoms with van der Waals surface area (Å²) in [5.74, 6) is -2.10. The van der Waals surface area contributed by atoms with Gasteiger partial charge in [0.15, 0.2) is 5.56 Å². The molecular formula is C9H2F6N2O7. The molecule has 24 heavy (non-hydrogen) atoms. The number of carbonyl (C=O) groups is 1. The van der Waals surface area contributed by atoms with Crippen molar-refractivity contribution >= 4 is 17.5 Å². The van der Waals surface area contributed by atoms with E-state index in [9.17, 15) is 51.4 Å². The predicted octanol–water partition coefficient (Wildman–Crippen LogP) is 3.56. The zero-order valence-corrected chi connectivity index (χ0v) is 10.7. The summed E-state index contributed by atoms with van der Waals surface area (Å²) in [6, 6.07) is 0.243. The van der Waals surface area contributed by atoms with Crippen LogP contribution in [0.2, 0.25) is 0 Å². The number of nitro groups is 2. The van der Waals surface area contributed by atoms with Crippen LogP contribution < -0.4 is 4.74 Å². The summed E-state index contributed by atoms with van der Waals surface area (Å²) in [6.45, 7) is 0. The van der Waals surface area contributed by atoms with Gasteiger partial charge in [0.2, 0.25) is 5.75 Å². The maximum absolute atomic E-state index is 12.9. The van der Waals surface area contributed by atoms with E-state index in [-0.39, 0.29) is 12.1 Å². The molecule has 0 atom stereocenters. The summed E-state index contributed by atoms with van der Waals surface area (Å²) in [5.41, 5.74) is -5.82. The number of halogens is 6. The van der Waals surface area contributed by atoms with E-state index in [2.05, 4.69) is 9.47 Å². The summed E-state index contributed by atoms with van der Waals surface area (Å²) in [6.07, 6.45) is -14.1. The van der Waals surface area contributed by atoms with Gasteiger partial charge in [0.25, 0.3) is 5.69 Å². The van der Waals surface area contributed by atoms with E-state index in [1.807, 2.05) is 0 Å². The van der Waals surface area contributed by atoms with Crippen molar-refractivity contribution in [3.05, 3.63) is 37.9 Å². The van der Waals surface area contributed by atoms with E-state index in [1.54, 1.807) is 0 Å². The van der Waals surface area contributed by atoms with Gasteiger partial charge < -0.3 is 9.47 Å². The molecule has 9 nitrogen and oxygen atoms in total. The smallest absolute Gasteiger partial charge is 0.387 e. The van der Waals surface area contributed by atoms with Crippen molar-refractivity contribution < 1.29 is 50.5 Å². The molecule has 0 heterocycles. The van der Waals surface area contributed by atoms with E-state index >= 15 is 0 Å². The Labute approximate surface area is 125 Å². The second-order valence-electron chi connectivity index (χ2n) is 3.72. The molecule has 0 unspecified atom stereocenters. The number of alkyl halides is 6. The predicted molar refractivity (Wildman–Crippen MR) is 57.9 cm³/mol. The van der Waals surface area contributed by atoms with Crippen LogP contribution in [-0.4, -0.2) is 22.4 Å². The Hall–Kier alpha value is -3.13. The van der Waals surface area contributed by atoms with Gasteiger partial charge in [0, 0.05) is 12.1 Å². The first-order chi connectivity index (χ1) is 10.7. The lowest BCUT2D eigenvalue weighted by atomic mass is 10.1. The summed E-state index contributed by atoms with van der Waals surface area (Å²) < 4.78 is 80.4. The van der Waals surface area contributed by atoms with Crippen LogP contribution in [0.3, 0.4) is 0 Å². The number of benzene rings is 1. The van der Waals surface area contributed by atoms with Crippen LogP contribution in [0.5, 0.6) is 5.75 Å². The third-order valence-electron chi connectivity index (χ3n) is 2.18. The highest BCUT2D eigenvalue weighted by Gasteiger charge is 2.47. The molecule has 0 radical (unpaired) electrons. The lowest BCUT2D eigenvalue weighted by Crippen LogP contribution is -2.24. The maximum atomic E-state index is 12.9. The zero-order chi connectivity index (χ0) is 18.9. The largest absolute Gasteiger partial charge is 0.577 e. The second-order valence-corrected chi connectivity index (χ2v) is 3.72. The molecule has 0 N–H and O–H groups in total. The van der Waals surface area contributed by atoms with Crippen LogP contribution >= 0.6 is 0 Å². The lowest BCUT2D eigenvalue weighted by Gasteiger charge is -2.13. The molecule has 0 fully saturated rings. The lowest BCUT2D eigenvalue weighted by molar-refractivity contribution is -0.392. The Bertz CT molecular complexity index is 699. The number of hydrogen-bond acceptors (Lipinski definition) is 7. The van der Waals surface area contributed by atoms with Crippen LogP contribution in [-0.2, 0) is 10.9 Å². The van der Waals surface area contributed by atoms with E-state index in [0.29, 0.717) is 0 Å². The molecule has 0 amide bonds. The third kappa shape index (κ3) is 4.43. The summed E-state index contributed by atoms with van der Waals surface area (Å²) in [7, 11) is 0. The van der Waals surface area contributed by atoms with Gasteiger partial charge in [-0.3, -0.25) is 20.2 Å². The van der Waals surface area contributed by atoms with E-state index in [0.717, 1.165) is 0 Å². The maximum Gasteiger partial charge on any atom is 0.577 e. The average Bonchev–Trinajstić information content (AvgIpc) is 2.33. The molecule has 0 saturated carbocycles. The number of hydrogen-bond donors (Lipinski definition) is 0. The Morgan fingerprint density at radius 1 is 0.958 bits per heavy atom. The van der Waals surface area contributed by atoms with Crippen LogP contribution in [0.4, 0.5) is 42.5 Å². The van der Waals surface area contributed by atoms with Gasteiger partial charge in [-0.15, -0.1) is 13.2 Å². The van der Waals surface area contributed by atoms with Gasteiger partial charge in [-0.1, -0.05) is 0 Å². The Morgan fingerprint density at radius 3 is 1.79 bits per heavy atom. The van der Waals surface area contributed by atoms with Crippen LogP contribution in [0.1, 0.15) is 5.56 Å². The molecule has 0 aromatic heterocycles. The van der Waals surface area contributed by atoms with Crippen molar-refractivity contribution in [2.24, 2.45) is 0 Å². The highest BCUT2D eigenvalue weighted by Crippen LogP contribution is 2.46. The molecule has 0 aliphatic rings. The third-order valence-corrected chi connectivity index (χ3v) is 2.18. The quantitative estimate of drug-likeness (QED) is 0.264. The number of ether oxygens (including phenoxy) is 2. The van der Waals surface area contributed by atoms with Crippen LogP contribution in [0.15, 0.2) is 12.1 Å². The molecule has 132 valence electrons. The highest BCUT2D eigenvalue weighted by atomic mass is 19.4. The van der Waals surface area contributed by atoms with Gasteiger partial charge in [0.1, 0.15) is 0 Å². The fraction of sp³-hybridized carbons (Fsp3) is 0.222. The van der Waals surface area contributed by atoms with Crippen molar-refractivity contribution in [3.8, 4) is 5.75 Å². The van der Waals surface area contributed by atoms with Crippen molar-refractivity contribution in [1.29, 1.82) is 0 Å². The summed E-state index contributed by atoms with van der Waals surface area (Å²) >= 11 is 0. The van der Waals surface area contributed by atoms with Crippen molar-refractivity contribution in [2.75, 3.05) is 0 Å². The fourth-order valence-electron chi connectivity index (χ4n) is 1.43. The van der Waals surface area contributed by atoms with Crippen molar-refractivity contribution in [3.63, 3.8) is 0 Å². The first-order valence-corrected chi connectivity index (χ1v) is 5.24. The van der Waals surface area contributed by atoms with Gasteiger partial charge in [-0.25, -0.2) is 4.79 Å². The normalized spacial score (nSPS) is 11.8. The highest BCUT2D eigenvalue weighted by molar-refractivity contribution is 5.71. The summed E-state index contributed by atoms with van der Waals surface area (Å²) in [5, 5.41) is 21.3. The number of nitro benzene ring substituents is 2. The molecule has 0 saturated heterocycles. The van der Waals surface area contributed by atoms with Crippen LogP contribution in [0, 0.1) is 20.2 Å². The number of rotatable bonds is 3. The monoisotopic (exact) mass is 364 g/mol. The number of nitrogens with zero attached hydrogens (tertiary/aromatic N) is 2. The molecule has 0 spiro atoms. The molecule has 1 aromatic carbocycles. The molecule has 1 rings (SSSR count). The first-order valence-electron chi connectivity index (χ1n) is 5.24. The second kappa shape index (κ2) is 6.17. The minimum absolute atomic E-state index is 0.0862.